The lowest BCUT2D eigenvalue weighted by molar-refractivity contribution is 0.0884. The molecular formula is C15H20FNO2. The number of carbonyl (C=O) groups excluding carboxylic acids is 1. The van der Waals surface area contributed by atoms with Crippen LogP contribution < -0.4 is 5.73 Å². The van der Waals surface area contributed by atoms with Crippen molar-refractivity contribution in [1.82, 2.24) is 0 Å². The Balaban J connectivity index is 2.26. The highest BCUT2D eigenvalue weighted by Gasteiger charge is 2.30. The van der Waals surface area contributed by atoms with E-state index in [-0.39, 0.29) is 23.2 Å². The summed E-state index contributed by atoms with van der Waals surface area (Å²) in [6.07, 6.45) is 3.18. The molecule has 0 fully saturated rings. The summed E-state index contributed by atoms with van der Waals surface area (Å²) < 4.78 is 18.6. The Morgan fingerprint density at radius 2 is 2.26 bits per heavy atom. The van der Waals surface area contributed by atoms with E-state index in [0.29, 0.717) is 17.7 Å². The van der Waals surface area contributed by atoms with E-state index < -0.39 is 0 Å². The molecule has 1 aliphatic rings. The number of rotatable bonds is 4. The van der Waals surface area contributed by atoms with E-state index in [9.17, 15) is 9.18 Å². The zero-order valence-corrected chi connectivity index (χ0v) is 11.5. The fourth-order valence-corrected chi connectivity index (χ4v) is 2.83. The highest BCUT2D eigenvalue weighted by Crippen LogP contribution is 2.34. The third-order valence-corrected chi connectivity index (χ3v) is 3.94. The van der Waals surface area contributed by atoms with E-state index in [1.54, 1.807) is 14.0 Å². The number of ether oxygens (including phenoxy) is 1. The van der Waals surface area contributed by atoms with Gasteiger partial charge >= 0.3 is 0 Å². The minimum atomic E-state index is -0.318. The molecule has 0 amide bonds. The summed E-state index contributed by atoms with van der Waals surface area (Å²) in [6.45, 7) is 2.38. The Hall–Kier alpha value is -1.42. The lowest BCUT2D eigenvalue weighted by Gasteiger charge is -2.26. The van der Waals surface area contributed by atoms with Crippen LogP contribution in [0.25, 0.3) is 0 Å². The van der Waals surface area contributed by atoms with Gasteiger partial charge in [-0.3, -0.25) is 4.79 Å². The monoisotopic (exact) mass is 265 g/mol. The van der Waals surface area contributed by atoms with E-state index in [0.717, 1.165) is 31.2 Å². The van der Waals surface area contributed by atoms with Crippen molar-refractivity contribution in [2.75, 3.05) is 19.5 Å². The minimum absolute atomic E-state index is 0.00480. The van der Waals surface area contributed by atoms with Crippen molar-refractivity contribution in [3.63, 3.8) is 0 Å². The van der Waals surface area contributed by atoms with Gasteiger partial charge in [0.25, 0.3) is 0 Å². The first kappa shape index (κ1) is 14.0. The van der Waals surface area contributed by atoms with E-state index >= 15 is 0 Å². The number of fused-ring (bicyclic) bond motifs is 1. The van der Waals surface area contributed by atoms with Gasteiger partial charge in [-0.25, -0.2) is 4.39 Å². The number of methoxy groups -OCH3 is 1. The van der Waals surface area contributed by atoms with Gasteiger partial charge in [-0.2, -0.15) is 0 Å². The van der Waals surface area contributed by atoms with E-state index in [2.05, 4.69) is 0 Å². The normalized spacial score (nSPS) is 18.5. The summed E-state index contributed by atoms with van der Waals surface area (Å²) in [7, 11) is 1.65. The predicted octanol–water partition coefficient (Wildman–Crippen LogP) is 2.89. The fourth-order valence-electron chi connectivity index (χ4n) is 2.83. The van der Waals surface area contributed by atoms with Crippen LogP contribution in [0.5, 0.6) is 0 Å². The third-order valence-electron chi connectivity index (χ3n) is 3.94. The van der Waals surface area contributed by atoms with Crippen molar-refractivity contribution < 1.29 is 13.9 Å². The number of ketones is 1. The molecule has 4 heteroatoms. The molecule has 0 radical (unpaired) electrons. The second kappa shape index (κ2) is 5.70. The number of anilines is 1. The van der Waals surface area contributed by atoms with Gasteiger partial charge < -0.3 is 10.5 Å². The summed E-state index contributed by atoms with van der Waals surface area (Å²) in [4.78, 5) is 12.5. The van der Waals surface area contributed by atoms with Crippen molar-refractivity contribution in [3.05, 3.63) is 28.6 Å². The maximum atomic E-state index is 13.6. The first-order valence-electron chi connectivity index (χ1n) is 6.66. The maximum Gasteiger partial charge on any atom is 0.168 e. The van der Waals surface area contributed by atoms with Crippen molar-refractivity contribution in [2.45, 2.75) is 32.6 Å². The molecule has 0 aliphatic heterocycles. The lowest BCUT2D eigenvalue weighted by atomic mass is 9.78. The maximum absolute atomic E-state index is 13.6. The SMILES string of the molecule is COCCCC1CCc2c(C)c(F)cc(N)c2C1=O. The number of hydrogen-bond acceptors (Lipinski definition) is 3. The molecule has 0 heterocycles. The number of carbonyl (C=O) groups is 1. The van der Waals surface area contributed by atoms with Crippen molar-refractivity contribution in [3.8, 4) is 0 Å². The molecule has 2 N–H and O–H groups in total. The summed E-state index contributed by atoms with van der Waals surface area (Å²) in [5.74, 6) is -0.255. The molecular weight excluding hydrogens is 245 g/mol. The van der Waals surface area contributed by atoms with Crippen LogP contribution in [0, 0.1) is 18.7 Å². The molecule has 0 saturated carbocycles. The van der Waals surface area contributed by atoms with Gasteiger partial charge in [-0.05, 0) is 49.8 Å². The third kappa shape index (κ3) is 2.63. The average Bonchev–Trinajstić information content (AvgIpc) is 2.38. The van der Waals surface area contributed by atoms with Gasteiger partial charge in [0, 0.05) is 30.9 Å². The Bertz CT molecular complexity index is 499. The molecule has 1 aromatic carbocycles. The quantitative estimate of drug-likeness (QED) is 0.672. The topological polar surface area (TPSA) is 52.3 Å². The average molecular weight is 265 g/mol. The molecule has 1 aliphatic carbocycles. The number of nitrogen functional groups attached to an aromatic ring is 1. The minimum Gasteiger partial charge on any atom is -0.398 e. The first-order chi connectivity index (χ1) is 9.06. The largest absolute Gasteiger partial charge is 0.398 e. The van der Waals surface area contributed by atoms with Crippen molar-refractivity contribution >= 4 is 11.5 Å². The Morgan fingerprint density at radius 1 is 1.53 bits per heavy atom. The summed E-state index contributed by atoms with van der Waals surface area (Å²) in [5, 5.41) is 0. The Kier molecular flexibility index (Phi) is 4.20. The van der Waals surface area contributed by atoms with Crippen LogP contribution in [0.15, 0.2) is 6.07 Å². The summed E-state index contributed by atoms with van der Waals surface area (Å²) >= 11 is 0. The highest BCUT2D eigenvalue weighted by atomic mass is 19.1. The van der Waals surface area contributed by atoms with Gasteiger partial charge in [0.05, 0.1) is 0 Å². The van der Waals surface area contributed by atoms with Crippen molar-refractivity contribution in [2.24, 2.45) is 5.92 Å². The van der Waals surface area contributed by atoms with Crippen LogP contribution in [-0.4, -0.2) is 19.5 Å². The number of nitrogens with two attached hydrogens (primary N) is 1. The lowest BCUT2D eigenvalue weighted by Crippen LogP contribution is -2.25. The molecule has 1 atom stereocenters. The summed E-state index contributed by atoms with van der Waals surface area (Å²) in [6, 6.07) is 1.27. The number of Topliss-reactive ketones (excluding diaryl/α,β-unsaturated/α-hetero) is 1. The van der Waals surface area contributed by atoms with E-state index in [1.807, 2.05) is 0 Å². The van der Waals surface area contributed by atoms with Gasteiger partial charge in [0.2, 0.25) is 0 Å². The molecule has 0 aromatic heterocycles. The zero-order chi connectivity index (χ0) is 14.0. The standard InChI is InChI=1S/C15H20FNO2/c1-9-11-6-5-10(4-3-7-19-2)15(18)14(11)13(17)8-12(9)16/h8,10H,3-7,17H2,1-2H3. The van der Waals surface area contributed by atoms with Crippen LogP contribution in [0.2, 0.25) is 0 Å². The highest BCUT2D eigenvalue weighted by molar-refractivity contribution is 6.04. The van der Waals surface area contributed by atoms with Gasteiger partial charge in [0.1, 0.15) is 5.82 Å². The van der Waals surface area contributed by atoms with Crippen molar-refractivity contribution in [1.29, 1.82) is 0 Å². The molecule has 0 bridgehead atoms. The van der Waals surface area contributed by atoms with Crippen LogP contribution in [-0.2, 0) is 11.2 Å². The number of benzene rings is 1. The second-order valence-electron chi connectivity index (χ2n) is 5.16. The molecule has 3 nitrogen and oxygen atoms in total. The van der Waals surface area contributed by atoms with Gasteiger partial charge in [-0.1, -0.05) is 0 Å². The number of halogens is 1. The van der Waals surface area contributed by atoms with Gasteiger partial charge in [-0.15, -0.1) is 0 Å². The summed E-state index contributed by atoms with van der Waals surface area (Å²) in [5.41, 5.74) is 8.02. The van der Waals surface area contributed by atoms with Crippen LogP contribution >= 0.6 is 0 Å². The van der Waals surface area contributed by atoms with Crippen LogP contribution in [0.3, 0.4) is 0 Å². The zero-order valence-electron chi connectivity index (χ0n) is 11.5. The molecule has 19 heavy (non-hydrogen) atoms. The second-order valence-corrected chi connectivity index (χ2v) is 5.16. The number of hydrogen-bond donors (Lipinski definition) is 1. The van der Waals surface area contributed by atoms with Gasteiger partial charge in [0.15, 0.2) is 5.78 Å². The van der Waals surface area contributed by atoms with E-state index in [4.69, 9.17) is 10.5 Å². The van der Waals surface area contributed by atoms with Crippen LogP contribution in [0.1, 0.15) is 40.7 Å². The molecule has 1 unspecified atom stereocenters. The predicted molar refractivity (Wildman–Crippen MR) is 72.8 cm³/mol. The molecule has 1 aromatic rings. The van der Waals surface area contributed by atoms with Crippen LogP contribution in [0.4, 0.5) is 10.1 Å². The fraction of sp³-hybridized carbons (Fsp3) is 0.533. The molecule has 0 saturated heterocycles. The van der Waals surface area contributed by atoms with E-state index in [1.165, 1.54) is 6.07 Å². The molecule has 104 valence electrons. The first-order valence-corrected chi connectivity index (χ1v) is 6.66. The smallest absolute Gasteiger partial charge is 0.168 e. The molecule has 2 rings (SSSR count). The Morgan fingerprint density at radius 3 is 2.95 bits per heavy atom. The Labute approximate surface area is 112 Å². The molecule has 0 spiro atoms.